The van der Waals surface area contributed by atoms with Gasteiger partial charge in [-0.05, 0) is 54.7 Å². The van der Waals surface area contributed by atoms with E-state index < -0.39 is 36.7 Å². The van der Waals surface area contributed by atoms with Crippen LogP contribution in [0.25, 0.3) is 0 Å². The van der Waals surface area contributed by atoms with Crippen molar-refractivity contribution in [3.8, 4) is 11.5 Å². The number of carbonyl (C=O) groups excluding carboxylic acids is 3. The van der Waals surface area contributed by atoms with Crippen LogP contribution in [0.5, 0.6) is 11.5 Å². The number of Topliss-reactive ketones (excluding diaryl/α,β-unsaturated/α-hetero) is 1. The Morgan fingerprint density at radius 3 is 1.48 bits per heavy atom. The summed E-state index contributed by atoms with van der Waals surface area (Å²) < 4.78 is 57.4. The second-order valence-corrected chi connectivity index (χ2v) is 12.4. The van der Waals surface area contributed by atoms with Gasteiger partial charge in [-0.2, -0.15) is 17.6 Å². The topological polar surface area (TPSA) is 134 Å². The Morgan fingerprint density at radius 1 is 0.771 bits per heavy atom. The first kappa shape index (κ1) is 49.7. The minimum absolute atomic E-state index is 0. The summed E-state index contributed by atoms with van der Waals surface area (Å²) in [5.41, 5.74) is 0.309. The van der Waals surface area contributed by atoms with Gasteiger partial charge in [-0.3, -0.25) is 14.4 Å². The summed E-state index contributed by atoms with van der Waals surface area (Å²) in [6, 6.07) is 11.5. The predicted octanol–water partition coefficient (Wildman–Crippen LogP) is 3.08. The average Bonchev–Trinajstić information content (AvgIpc) is 2.93. The van der Waals surface area contributed by atoms with Crippen molar-refractivity contribution in [2.24, 2.45) is 10.8 Å². The van der Waals surface area contributed by atoms with Crippen molar-refractivity contribution in [3.05, 3.63) is 59.7 Å². The first-order chi connectivity index (χ1) is 21.2. The second-order valence-electron chi connectivity index (χ2n) is 12.4. The molecule has 1 unspecified atom stereocenters. The largest absolute Gasteiger partial charge is 1.00 e. The Labute approximate surface area is 306 Å². The summed E-state index contributed by atoms with van der Waals surface area (Å²) >= 11 is 0. The molecule has 265 valence electrons. The minimum atomic E-state index is -2.90. The molecule has 48 heavy (non-hydrogen) atoms. The van der Waals surface area contributed by atoms with Crippen LogP contribution in [0, 0.1) is 10.8 Å². The molecule has 2 aromatic rings. The van der Waals surface area contributed by atoms with Gasteiger partial charge in [0.15, 0.2) is 0 Å². The standard InChI is InChI=1S/C16H23F2NO3.C16H21F2NO3.CH4O.B.Na.H/c2*1-10(19-14(21)9-13(20)16(2,3)4)11-6-5-7-12(8-11)22-15(17)18;1-2;;;/h5-8,10,13,15,20H,9H2,1-4H3,(H,19,21);5-8,10,15H,9H2,1-4H3,(H,19,21);2H,1H3;;;/q;;;;+1;-1/t10-,13?;10-;;;;/m00..../s1. The molecule has 0 spiro atoms. The molecule has 0 aliphatic carbocycles. The zero-order valence-electron chi connectivity index (χ0n) is 30.4. The van der Waals surface area contributed by atoms with Crippen LogP contribution in [0.4, 0.5) is 17.6 Å². The Balaban J connectivity index is -0.000000371. The molecule has 3 radical (unpaired) electrons. The fourth-order valence-electron chi connectivity index (χ4n) is 3.57. The number of hydrogen-bond donors (Lipinski definition) is 4. The molecular weight excluding hydrogens is 646 g/mol. The summed E-state index contributed by atoms with van der Waals surface area (Å²) in [5, 5.41) is 22.3. The third kappa shape index (κ3) is 20.7. The van der Waals surface area contributed by atoms with Crippen molar-refractivity contribution in [1.82, 2.24) is 10.6 Å². The van der Waals surface area contributed by atoms with Crippen LogP contribution in [0.15, 0.2) is 48.5 Å². The fourth-order valence-corrected chi connectivity index (χ4v) is 3.57. The van der Waals surface area contributed by atoms with Crippen molar-refractivity contribution >= 4 is 26.0 Å². The van der Waals surface area contributed by atoms with Crippen molar-refractivity contribution in [1.29, 1.82) is 0 Å². The maximum Gasteiger partial charge on any atom is 1.00 e. The number of hydrogen-bond acceptors (Lipinski definition) is 7. The van der Waals surface area contributed by atoms with Gasteiger partial charge in [0.1, 0.15) is 17.3 Å². The molecule has 2 aromatic carbocycles. The van der Waals surface area contributed by atoms with E-state index >= 15 is 0 Å². The quantitative estimate of drug-likeness (QED) is 0.153. The van der Waals surface area contributed by atoms with Gasteiger partial charge in [0, 0.05) is 20.9 Å². The average molecular weight is 696 g/mol. The molecular formula is C33H49BF4N2NaO7. The number of ketones is 1. The smallest absolute Gasteiger partial charge is 1.00 e. The van der Waals surface area contributed by atoms with Crippen LogP contribution in [0.3, 0.4) is 0 Å². The minimum Gasteiger partial charge on any atom is -1.00 e. The number of aliphatic hydroxyl groups excluding tert-OH is 2. The van der Waals surface area contributed by atoms with Crippen LogP contribution in [-0.2, 0) is 14.4 Å². The maximum absolute atomic E-state index is 12.2. The van der Waals surface area contributed by atoms with E-state index in [0.29, 0.717) is 11.1 Å². The number of carbonyl (C=O) groups is 3. The van der Waals surface area contributed by atoms with Crippen molar-refractivity contribution < 1.29 is 82.6 Å². The molecule has 4 N–H and O–H groups in total. The SMILES string of the molecule is CO.C[C@H](NC(=O)CC(=O)C(C)(C)C)c1cccc(OC(F)F)c1.C[C@H](NC(=O)CC(O)C(C)(C)C)c1cccc(OC(F)F)c1.[B].[H-].[Na+]. The number of ether oxygens (including phenoxy) is 2. The molecule has 0 aromatic heterocycles. The van der Waals surface area contributed by atoms with Gasteiger partial charge in [-0.15, -0.1) is 0 Å². The fraction of sp³-hybridized carbons (Fsp3) is 0.545. The third-order valence-corrected chi connectivity index (χ3v) is 6.46. The Kier molecular flexibility index (Phi) is 24.5. The summed E-state index contributed by atoms with van der Waals surface area (Å²) in [4.78, 5) is 35.6. The van der Waals surface area contributed by atoms with Gasteiger partial charge in [-0.25, -0.2) is 0 Å². The van der Waals surface area contributed by atoms with E-state index in [9.17, 15) is 37.1 Å². The number of aliphatic hydroxyl groups is 2. The molecule has 0 saturated carbocycles. The Bertz CT molecular complexity index is 1250. The van der Waals surface area contributed by atoms with Gasteiger partial charge in [0.25, 0.3) is 0 Å². The number of rotatable bonds is 12. The van der Waals surface area contributed by atoms with E-state index in [0.717, 1.165) is 7.11 Å². The molecule has 9 nitrogen and oxygen atoms in total. The van der Waals surface area contributed by atoms with Gasteiger partial charge >= 0.3 is 42.8 Å². The summed E-state index contributed by atoms with van der Waals surface area (Å²) in [6.07, 6.45) is -0.976. The third-order valence-electron chi connectivity index (χ3n) is 6.46. The molecule has 0 saturated heterocycles. The molecule has 0 fully saturated rings. The molecule has 0 heterocycles. The summed E-state index contributed by atoms with van der Waals surface area (Å²) in [7, 11) is 1.00. The number of nitrogens with one attached hydrogen (secondary N) is 2. The van der Waals surface area contributed by atoms with Crippen LogP contribution < -0.4 is 49.7 Å². The number of alkyl halides is 4. The Morgan fingerprint density at radius 2 is 1.15 bits per heavy atom. The van der Waals surface area contributed by atoms with Crippen LogP contribution in [0.1, 0.15) is 92.9 Å². The maximum atomic E-state index is 12.2. The Hall–Kier alpha value is -2.65. The van der Waals surface area contributed by atoms with Gasteiger partial charge in [-0.1, -0.05) is 65.8 Å². The van der Waals surface area contributed by atoms with E-state index in [4.69, 9.17) is 5.11 Å². The number of halogens is 4. The predicted molar refractivity (Wildman–Crippen MR) is 173 cm³/mol. The molecule has 2 rings (SSSR count). The second kappa shape index (κ2) is 23.7. The molecule has 2 amide bonds. The van der Waals surface area contributed by atoms with Crippen LogP contribution >= 0.6 is 0 Å². The molecule has 0 aliphatic rings. The first-order valence-corrected chi connectivity index (χ1v) is 14.5. The molecule has 3 atom stereocenters. The van der Waals surface area contributed by atoms with Crippen molar-refractivity contribution in [3.63, 3.8) is 0 Å². The summed E-state index contributed by atoms with van der Waals surface area (Å²) in [6.45, 7) is 8.44. The van der Waals surface area contributed by atoms with Crippen LogP contribution in [0.2, 0.25) is 0 Å². The number of amides is 2. The number of benzene rings is 2. The van der Waals surface area contributed by atoms with Gasteiger partial charge in [0.2, 0.25) is 11.8 Å². The van der Waals surface area contributed by atoms with Crippen molar-refractivity contribution in [2.75, 3.05) is 7.11 Å². The van der Waals surface area contributed by atoms with Crippen molar-refractivity contribution in [2.45, 2.75) is 99.6 Å². The van der Waals surface area contributed by atoms with E-state index in [1.165, 1.54) is 24.3 Å². The molecule has 15 heteroatoms. The zero-order chi connectivity index (χ0) is 35.8. The van der Waals surface area contributed by atoms with E-state index in [2.05, 4.69) is 20.1 Å². The zero-order valence-corrected chi connectivity index (χ0v) is 31.4. The van der Waals surface area contributed by atoms with E-state index in [-0.39, 0.29) is 86.9 Å². The molecule has 0 aliphatic heterocycles. The van der Waals surface area contributed by atoms with Gasteiger partial charge in [0.05, 0.1) is 31.0 Å². The van der Waals surface area contributed by atoms with E-state index in [1.54, 1.807) is 58.9 Å². The molecule has 0 bridgehead atoms. The first-order valence-electron chi connectivity index (χ1n) is 14.5. The monoisotopic (exact) mass is 695 g/mol. The summed E-state index contributed by atoms with van der Waals surface area (Å²) in [5.74, 6) is -0.780. The van der Waals surface area contributed by atoms with Crippen LogP contribution in [-0.4, -0.2) is 62.7 Å². The van der Waals surface area contributed by atoms with Gasteiger partial charge < -0.3 is 31.7 Å². The normalized spacial score (nSPS) is 12.7. The van der Waals surface area contributed by atoms with E-state index in [1.807, 2.05) is 20.8 Å².